The molecule has 0 atom stereocenters. The molecular weight excluding hydrogens is 233 g/mol. The van der Waals surface area contributed by atoms with Gasteiger partial charge in [-0.3, -0.25) is 4.68 Å². The molecule has 0 saturated carbocycles. The van der Waals surface area contributed by atoms with Crippen molar-refractivity contribution in [2.75, 3.05) is 12.8 Å². The second-order valence-corrected chi connectivity index (χ2v) is 4.01. The SMILES string of the molecule is CCc1c(-c2c(F)cccc2OC)nn(C)c1N. The Hall–Kier alpha value is -2.04. The molecule has 96 valence electrons. The van der Waals surface area contributed by atoms with Gasteiger partial charge in [0.2, 0.25) is 0 Å². The molecule has 2 aromatic rings. The minimum atomic E-state index is -0.359. The highest BCUT2D eigenvalue weighted by molar-refractivity contribution is 5.74. The number of hydrogen-bond donors (Lipinski definition) is 1. The van der Waals surface area contributed by atoms with Crippen molar-refractivity contribution in [2.45, 2.75) is 13.3 Å². The summed E-state index contributed by atoms with van der Waals surface area (Å²) in [6.07, 6.45) is 0.687. The van der Waals surface area contributed by atoms with E-state index in [4.69, 9.17) is 10.5 Å². The molecule has 0 saturated heterocycles. The van der Waals surface area contributed by atoms with E-state index in [1.54, 1.807) is 23.9 Å². The Kier molecular flexibility index (Phi) is 3.23. The molecule has 2 N–H and O–H groups in total. The van der Waals surface area contributed by atoms with Crippen molar-refractivity contribution in [2.24, 2.45) is 7.05 Å². The highest BCUT2D eigenvalue weighted by atomic mass is 19.1. The zero-order chi connectivity index (χ0) is 13.3. The number of nitrogens with zero attached hydrogens (tertiary/aromatic N) is 2. The Morgan fingerprint density at radius 3 is 2.78 bits per heavy atom. The van der Waals surface area contributed by atoms with Crippen LogP contribution in [-0.2, 0) is 13.5 Å². The molecule has 0 spiro atoms. The van der Waals surface area contributed by atoms with Gasteiger partial charge in [-0.1, -0.05) is 13.0 Å². The van der Waals surface area contributed by atoms with Crippen LogP contribution < -0.4 is 10.5 Å². The summed E-state index contributed by atoms with van der Waals surface area (Å²) in [4.78, 5) is 0. The predicted molar refractivity (Wildman–Crippen MR) is 68.9 cm³/mol. The fourth-order valence-corrected chi connectivity index (χ4v) is 2.03. The van der Waals surface area contributed by atoms with E-state index in [-0.39, 0.29) is 5.82 Å². The minimum Gasteiger partial charge on any atom is -0.496 e. The van der Waals surface area contributed by atoms with Gasteiger partial charge >= 0.3 is 0 Å². The number of aryl methyl sites for hydroxylation is 1. The second kappa shape index (κ2) is 4.68. The van der Waals surface area contributed by atoms with Gasteiger partial charge in [0.1, 0.15) is 23.1 Å². The summed E-state index contributed by atoms with van der Waals surface area (Å²) in [5.41, 5.74) is 7.68. The molecule has 0 unspecified atom stereocenters. The van der Waals surface area contributed by atoms with E-state index in [9.17, 15) is 4.39 Å². The summed E-state index contributed by atoms with van der Waals surface area (Å²) in [5, 5.41) is 4.29. The molecule has 0 aliphatic rings. The third kappa shape index (κ3) is 1.81. The van der Waals surface area contributed by atoms with Gasteiger partial charge in [-0.15, -0.1) is 0 Å². The number of halogens is 1. The summed E-state index contributed by atoms with van der Waals surface area (Å²) in [5.74, 6) is 0.655. The van der Waals surface area contributed by atoms with Crippen LogP contribution in [0.5, 0.6) is 5.75 Å². The quantitative estimate of drug-likeness (QED) is 0.908. The average molecular weight is 249 g/mol. The number of methoxy groups -OCH3 is 1. The molecule has 0 fully saturated rings. The molecule has 18 heavy (non-hydrogen) atoms. The fourth-order valence-electron chi connectivity index (χ4n) is 2.03. The number of hydrogen-bond acceptors (Lipinski definition) is 3. The number of benzene rings is 1. The maximum absolute atomic E-state index is 14.0. The summed E-state index contributed by atoms with van der Waals surface area (Å²) in [6.45, 7) is 1.96. The van der Waals surface area contributed by atoms with E-state index in [2.05, 4.69) is 5.10 Å². The molecule has 2 rings (SSSR count). The third-order valence-electron chi connectivity index (χ3n) is 2.98. The van der Waals surface area contributed by atoms with Crippen LogP contribution in [0, 0.1) is 5.82 Å². The van der Waals surface area contributed by atoms with Gasteiger partial charge < -0.3 is 10.5 Å². The van der Waals surface area contributed by atoms with Crippen molar-refractivity contribution < 1.29 is 9.13 Å². The summed E-state index contributed by atoms with van der Waals surface area (Å²) < 4.78 is 20.8. The zero-order valence-corrected chi connectivity index (χ0v) is 10.7. The number of ether oxygens (including phenoxy) is 1. The number of rotatable bonds is 3. The number of nitrogen functional groups attached to an aromatic ring is 1. The van der Waals surface area contributed by atoms with E-state index in [1.807, 2.05) is 6.92 Å². The second-order valence-electron chi connectivity index (χ2n) is 4.01. The van der Waals surface area contributed by atoms with Crippen molar-refractivity contribution in [3.8, 4) is 17.0 Å². The van der Waals surface area contributed by atoms with Gasteiger partial charge in [0.25, 0.3) is 0 Å². The van der Waals surface area contributed by atoms with E-state index in [0.29, 0.717) is 29.2 Å². The van der Waals surface area contributed by atoms with Crippen LogP contribution >= 0.6 is 0 Å². The maximum atomic E-state index is 14.0. The number of aromatic nitrogens is 2. The van der Waals surface area contributed by atoms with Crippen molar-refractivity contribution in [1.82, 2.24) is 9.78 Å². The topological polar surface area (TPSA) is 53.1 Å². The molecule has 1 aromatic heterocycles. The lowest BCUT2D eigenvalue weighted by molar-refractivity contribution is 0.413. The minimum absolute atomic E-state index is 0.359. The lowest BCUT2D eigenvalue weighted by atomic mass is 10.0. The van der Waals surface area contributed by atoms with Crippen LogP contribution in [0.4, 0.5) is 10.2 Å². The third-order valence-corrected chi connectivity index (χ3v) is 2.98. The molecular formula is C13H16FN3O. The molecule has 0 radical (unpaired) electrons. The van der Waals surface area contributed by atoms with Crippen LogP contribution in [0.2, 0.25) is 0 Å². The Bertz CT molecular complexity index is 578. The van der Waals surface area contributed by atoms with Gasteiger partial charge in [0, 0.05) is 12.6 Å². The fraction of sp³-hybridized carbons (Fsp3) is 0.308. The molecule has 1 heterocycles. The monoisotopic (exact) mass is 249 g/mol. The molecule has 0 aliphatic carbocycles. The lowest BCUT2D eigenvalue weighted by Gasteiger charge is -2.08. The van der Waals surface area contributed by atoms with Gasteiger partial charge in [0.05, 0.1) is 12.7 Å². The predicted octanol–water partition coefficient (Wildman–Crippen LogP) is 2.38. The largest absolute Gasteiger partial charge is 0.496 e. The van der Waals surface area contributed by atoms with Crippen LogP contribution in [0.1, 0.15) is 12.5 Å². The van der Waals surface area contributed by atoms with E-state index in [0.717, 1.165) is 5.56 Å². The Balaban J connectivity index is 2.73. The molecule has 5 heteroatoms. The summed E-state index contributed by atoms with van der Waals surface area (Å²) >= 11 is 0. The van der Waals surface area contributed by atoms with Crippen LogP contribution in [0.15, 0.2) is 18.2 Å². The molecule has 4 nitrogen and oxygen atoms in total. The molecule has 0 amide bonds. The molecule has 0 bridgehead atoms. The summed E-state index contributed by atoms with van der Waals surface area (Å²) in [7, 11) is 3.25. The van der Waals surface area contributed by atoms with E-state index < -0.39 is 0 Å². The first-order valence-electron chi connectivity index (χ1n) is 5.74. The van der Waals surface area contributed by atoms with Crippen molar-refractivity contribution in [1.29, 1.82) is 0 Å². The number of nitrogens with two attached hydrogens (primary N) is 1. The van der Waals surface area contributed by atoms with Gasteiger partial charge in [-0.05, 0) is 18.6 Å². The molecule has 1 aromatic carbocycles. The van der Waals surface area contributed by atoms with Gasteiger partial charge in [0.15, 0.2) is 0 Å². The highest BCUT2D eigenvalue weighted by Gasteiger charge is 2.20. The first-order valence-corrected chi connectivity index (χ1v) is 5.74. The van der Waals surface area contributed by atoms with Gasteiger partial charge in [-0.25, -0.2) is 4.39 Å². The molecule has 0 aliphatic heterocycles. The van der Waals surface area contributed by atoms with Crippen LogP contribution in [0.25, 0.3) is 11.3 Å². The first-order chi connectivity index (χ1) is 8.60. The van der Waals surface area contributed by atoms with E-state index >= 15 is 0 Å². The first kappa shape index (κ1) is 12.4. The Labute approximate surface area is 105 Å². The maximum Gasteiger partial charge on any atom is 0.136 e. The van der Waals surface area contributed by atoms with E-state index in [1.165, 1.54) is 13.2 Å². The van der Waals surface area contributed by atoms with Crippen LogP contribution in [0.3, 0.4) is 0 Å². The number of anilines is 1. The normalized spacial score (nSPS) is 10.7. The smallest absolute Gasteiger partial charge is 0.136 e. The van der Waals surface area contributed by atoms with Crippen molar-refractivity contribution in [3.63, 3.8) is 0 Å². The lowest BCUT2D eigenvalue weighted by Crippen LogP contribution is -1.98. The van der Waals surface area contributed by atoms with Crippen LogP contribution in [-0.4, -0.2) is 16.9 Å². The zero-order valence-electron chi connectivity index (χ0n) is 10.7. The Morgan fingerprint density at radius 2 is 2.17 bits per heavy atom. The van der Waals surface area contributed by atoms with Crippen molar-refractivity contribution >= 4 is 5.82 Å². The summed E-state index contributed by atoms with van der Waals surface area (Å²) in [6, 6.07) is 4.71. The van der Waals surface area contributed by atoms with Crippen molar-refractivity contribution in [3.05, 3.63) is 29.6 Å². The Morgan fingerprint density at radius 1 is 1.44 bits per heavy atom. The average Bonchev–Trinajstić information content (AvgIpc) is 2.64. The highest BCUT2D eigenvalue weighted by Crippen LogP contribution is 2.35. The van der Waals surface area contributed by atoms with Gasteiger partial charge in [-0.2, -0.15) is 5.10 Å². The standard InChI is InChI=1S/C13H16FN3O/c1-4-8-12(16-17(2)13(8)15)11-9(14)6-5-7-10(11)18-3/h5-7H,4,15H2,1-3H3.